The first kappa shape index (κ1) is 15.9. The third-order valence-corrected chi connectivity index (χ3v) is 3.61. The number of rotatable bonds is 4. The zero-order valence-corrected chi connectivity index (χ0v) is 12.5. The number of nitrogens with one attached hydrogen (secondary N) is 1. The molecule has 6 heteroatoms. The Morgan fingerprint density at radius 2 is 1.76 bits per heavy atom. The molecule has 0 fully saturated rings. The molecule has 0 atom stereocenters. The second kappa shape index (κ2) is 6.49. The number of hydrogen-bond donors (Lipinski definition) is 2. The molecule has 0 unspecified atom stereocenters. The summed E-state index contributed by atoms with van der Waals surface area (Å²) in [5.41, 5.74) is 0.455. The minimum Gasteiger partial charge on any atom is -0.507 e. The van der Waals surface area contributed by atoms with Gasteiger partial charge in [0.25, 0.3) is 0 Å². The zero-order chi connectivity index (χ0) is 15.5. The maximum atomic E-state index is 12.8. The van der Waals surface area contributed by atoms with Gasteiger partial charge in [0.05, 0.1) is 10.0 Å². The molecule has 2 N–H and O–H groups in total. The van der Waals surface area contributed by atoms with E-state index in [9.17, 15) is 18.3 Å². The molecule has 0 saturated heterocycles. The number of hydrogen-bond acceptors (Lipinski definition) is 2. The van der Waals surface area contributed by atoms with Gasteiger partial charge in [-0.2, -0.15) is 13.2 Å². The van der Waals surface area contributed by atoms with E-state index in [2.05, 4.69) is 21.2 Å². The molecule has 0 aliphatic carbocycles. The fourth-order valence-electron chi connectivity index (χ4n) is 1.95. The van der Waals surface area contributed by atoms with Crippen molar-refractivity contribution in [2.24, 2.45) is 0 Å². The molecular weight excluding hydrogens is 347 g/mol. The highest BCUT2D eigenvalue weighted by atomic mass is 79.9. The number of aromatic hydroxyl groups is 1. The fourth-order valence-corrected chi connectivity index (χ4v) is 2.38. The van der Waals surface area contributed by atoms with Crippen LogP contribution < -0.4 is 5.32 Å². The Bertz CT molecular complexity index is 629. The van der Waals surface area contributed by atoms with E-state index in [0.29, 0.717) is 11.0 Å². The summed E-state index contributed by atoms with van der Waals surface area (Å²) in [4.78, 5) is 0. The molecule has 2 rings (SSSR count). The molecule has 2 aromatic rings. The largest absolute Gasteiger partial charge is 0.507 e. The van der Waals surface area contributed by atoms with Crippen LogP contribution in [0.25, 0.3) is 0 Å². The van der Waals surface area contributed by atoms with Crippen LogP contribution in [0.4, 0.5) is 13.2 Å². The minimum absolute atomic E-state index is 0.119. The van der Waals surface area contributed by atoms with Gasteiger partial charge < -0.3 is 10.4 Å². The molecule has 0 spiro atoms. The number of halogens is 4. The van der Waals surface area contributed by atoms with Crippen molar-refractivity contribution in [2.45, 2.75) is 19.3 Å². The SMILES string of the molecule is Oc1ccc(CNCc2ccccc2C(F)(F)F)cc1Br. The van der Waals surface area contributed by atoms with Gasteiger partial charge in [0.15, 0.2) is 0 Å². The van der Waals surface area contributed by atoms with Crippen molar-refractivity contribution in [3.8, 4) is 5.75 Å². The van der Waals surface area contributed by atoms with Crippen LogP contribution in [-0.2, 0) is 19.3 Å². The van der Waals surface area contributed by atoms with Gasteiger partial charge in [-0.1, -0.05) is 24.3 Å². The molecule has 0 radical (unpaired) electrons. The van der Waals surface area contributed by atoms with E-state index < -0.39 is 11.7 Å². The molecular formula is C15H13BrF3NO. The zero-order valence-electron chi connectivity index (χ0n) is 10.9. The van der Waals surface area contributed by atoms with E-state index in [1.165, 1.54) is 18.2 Å². The fraction of sp³-hybridized carbons (Fsp3) is 0.200. The highest BCUT2D eigenvalue weighted by Crippen LogP contribution is 2.31. The second-order valence-corrected chi connectivity index (χ2v) is 5.40. The van der Waals surface area contributed by atoms with Gasteiger partial charge in [0.2, 0.25) is 0 Å². The van der Waals surface area contributed by atoms with Crippen LogP contribution in [0.5, 0.6) is 5.75 Å². The van der Waals surface area contributed by atoms with Gasteiger partial charge in [-0.3, -0.25) is 0 Å². The molecule has 0 aliphatic rings. The molecule has 0 bridgehead atoms. The average molecular weight is 360 g/mol. The predicted molar refractivity (Wildman–Crippen MR) is 77.8 cm³/mol. The molecule has 0 aliphatic heterocycles. The second-order valence-electron chi connectivity index (χ2n) is 4.54. The maximum Gasteiger partial charge on any atom is 0.416 e. The number of alkyl halides is 3. The molecule has 0 heterocycles. The molecule has 2 nitrogen and oxygen atoms in total. The molecule has 21 heavy (non-hydrogen) atoms. The summed E-state index contributed by atoms with van der Waals surface area (Å²) in [6, 6.07) is 10.5. The Balaban J connectivity index is 2.02. The third kappa shape index (κ3) is 4.22. The van der Waals surface area contributed by atoms with Gasteiger partial charge >= 0.3 is 6.18 Å². The van der Waals surface area contributed by atoms with Crippen molar-refractivity contribution in [1.29, 1.82) is 0 Å². The van der Waals surface area contributed by atoms with Gasteiger partial charge in [-0.25, -0.2) is 0 Å². The summed E-state index contributed by atoms with van der Waals surface area (Å²) in [7, 11) is 0. The average Bonchev–Trinajstić information content (AvgIpc) is 2.42. The Kier molecular flexibility index (Phi) is 4.90. The lowest BCUT2D eigenvalue weighted by molar-refractivity contribution is -0.138. The quantitative estimate of drug-likeness (QED) is 0.844. The number of phenolic OH excluding ortho intramolecular Hbond substituents is 1. The van der Waals surface area contributed by atoms with E-state index in [-0.39, 0.29) is 17.9 Å². The van der Waals surface area contributed by atoms with Crippen LogP contribution in [0.15, 0.2) is 46.9 Å². The van der Waals surface area contributed by atoms with Crippen LogP contribution in [0.2, 0.25) is 0 Å². The van der Waals surface area contributed by atoms with Crippen molar-refractivity contribution in [2.75, 3.05) is 0 Å². The smallest absolute Gasteiger partial charge is 0.416 e. The molecule has 2 aromatic carbocycles. The van der Waals surface area contributed by atoms with Crippen LogP contribution >= 0.6 is 15.9 Å². The Hall–Kier alpha value is -1.53. The van der Waals surface area contributed by atoms with Crippen molar-refractivity contribution < 1.29 is 18.3 Å². The topological polar surface area (TPSA) is 32.3 Å². The van der Waals surface area contributed by atoms with Gasteiger partial charge in [0.1, 0.15) is 5.75 Å². The van der Waals surface area contributed by atoms with Gasteiger partial charge in [0, 0.05) is 13.1 Å². The summed E-state index contributed by atoms with van der Waals surface area (Å²) in [6.45, 7) is 0.527. The predicted octanol–water partition coefficient (Wildman–Crippen LogP) is 4.46. The van der Waals surface area contributed by atoms with E-state index in [0.717, 1.165) is 11.6 Å². The minimum atomic E-state index is -4.35. The lowest BCUT2D eigenvalue weighted by Gasteiger charge is -2.13. The van der Waals surface area contributed by atoms with Crippen LogP contribution in [0, 0.1) is 0 Å². The van der Waals surface area contributed by atoms with E-state index in [1.54, 1.807) is 18.2 Å². The van der Waals surface area contributed by atoms with E-state index in [1.807, 2.05) is 0 Å². The maximum absolute atomic E-state index is 12.8. The molecule has 0 aromatic heterocycles. The Labute approximate surface area is 128 Å². The van der Waals surface area contributed by atoms with Gasteiger partial charge in [-0.15, -0.1) is 0 Å². The summed E-state index contributed by atoms with van der Waals surface area (Å²) < 4.78 is 39.1. The summed E-state index contributed by atoms with van der Waals surface area (Å²) in [5.74, 6) is 0.126. The lowest BCUT2D eigenvalue weighted by Crippen LogP contribution is -2.17. The van der Waals surface area contributed by atoms with Crippen molar-refractivity contribution in [3.63, 3.8) is 0 Å². The number of phenols is 1. The Morgan fingerprint density at radius 1 is 1.05 bits per heavy atom. The first-order valence-corrected chi connectivity index (χ1v) is 7.00. The summed E-state index contributed by atoms with van der Waals surface area (Å²) >= 11 is 3.19. The van der Waals surface area contributed by atoms with Crippen LogP contribution in [-0.4, -0.2) is 5.11 Å². The normalized spacial score (nSPS) is 11.6. The van der Waals surface area contributed by atoms with Crippen molar-refractivity contribution in [3.05, 3.63) is 63.6 Å². The number of benzene rings is 2. The van der Waals surface area contributed by atoms with Gasteiger partial charge in [-0.05, 0) is 45.3 Å². The standard InChI is InChI=1S/C15H13BrF3NO/c16-13-7-10(5-6-14(13)21)8-20-9-11-3-1-2-4-12(11)15(17,18)19/h1-7,20-21H,8-9H2. The van der Waals surface area contributed by atoms with E-state index in [4.69, 9.17) is 0 Å². The van der Waals surface area contributed by atoms with Crippen LogP contribution in [0.1, 0.15) is 16.7 Å². The highest BCUT2D eigenvalue weighted by molar-refractivity contribution is 9.10. The van der Waals surface area contributed by atoms with E-state index >= 15 is 0 Å². The lowest BCUT2D eigenvalue weighted by atomic mass is 10.1. The summed E-state index contributed by atoms with van der Waals surface area (Å²) in [6.07, 6.45) is -4.35. The highest BCUT2D eigenvalue weighted by Gasteiger charge is 2.32. The third-order valence-electron chi connectivity index (χ3n) is 2.98. The molecule has 112 valence electrons. The summed E-state index contributed by atoms with van der Waals surface area (Å²) in [5, 5.41) is 12.4. The first-order chi connectivity index (χ1) is 9.88. The first-order valence-electron chi connectivity index (χ1n) is 6.21. The Morgan fingerprint density at radius 3 is 2.43 bits per heavy atom. The molecule has 0 amide bonds. The van der Waals surface area contributed by atoms with Crippen LogP contribution in [0.3, 0.4) is 0 Å². The molecule has 0 saturated carbocycles. The van der Waals surface area contributed by atoms with Crippen molar-refractivity contribution in [1.82, 2.24) is 5.32 Å². The monoisotopic (exact) mass is 359 g/mol. The van der Waals surface area contributed by atoms with Crippen molar-refractivity contribution >= 4 is 15.9 Å².